The van der Waals surface area contributed by atoms with Crippen LogP contribution in [0.15, 0.2) is 28.5 Å². The molecule has 8 heteroatoms. The van der Waals surface area contributed by atoms with E-state index in [1.54, 1.807) is 17.5 Å². The van der Waals surface area contributed by atoms with E-state index in [4.69, 9.17) is 28.3 Å². The number of hydrogen-bond donors (Lipinski definition) is 1. The molecule has 2 rings (SSSR count). The molecular weight excluding hydrogens is 329 g/mol. The number of hydrogen-bond acceptors (Lipinski definition) is 4. The van der Waals surface area contributed by atoms with Crippen LogP contribution in [0.1, 0.15) is 15.5 Å². The molecule has 1 unspecified atom stereocenters. The monoisotopic (exact) mass is 335 g/mol. The number of rotatable bonds is 4. The molecule has 0 fully saturated rings. The Kier molecular flexibility index (Phi) is 4.57. The third kappa shape index (κ3) is 3.54. The average Bonchev–Trinajstić information content (AvgIpc) is 2.80. The van der Waals surface area contributed by atoms with Crippen molar-refractivity contribution in [2.24, 2.45) is 0 Å². The highest BCUT2D eigenvalue weighted by atomic mass is 35.5. The second-order valence-electron chi connectivity index (χ2n) is 3.51. The summed E-state index contributed by atoms with van der Waals surface area (Å²) in [7, 11) is -1.42. The third-order valence-corrected chi connectivity index (χ3v) is 5.09. The molecule has 0 amide bonds. The molecule has 1 aromatic carbocycles. The number of carboxylic acids is 1. The molecule has 2 aromatic rings. The fraction of sp³-hybridized carbons (Fsp3) is 0.0909. The Hall–Kier alpha value is -0.950. The van der Waals surface area contributed by atoms with Gasteiger partial charge in [0.05, 0.1) is 32.2 Å². The molecule has 0 spiro atoms. The van der Waals surface area contributed by atoms with Crippen molar-refractivity contribution >= 4 is 51.3 Å². The Labute approximate surface area is 125 Å². The molecule has 1 aromatic heterocycles. The van der Waals surface area contributed by atoms with E-state index < -0.39 is 16.8 Å². The zero-order valence-electron chi connectivity index (χ0n) is 9.30. The van der Waals surface area contributed by atoms with Crippen molar-refractivity contribution in [3.05, 3.63) is 44.3 Å². The molecule has 0 aliphatic carbocycles. The molecular formula is C11H7Cl2NO3S2. The summed E-state index contributed by atoms with van der Waals surface area (Å²) in [5, 5.41) is 11.1. The molecule has 1 N–H and O–H groups in total. The van der Waals surface area contributed by atoms with E-state index in [9.17, 15) is 9.00 Å². The zero-order valence-corrected chi connectivity index (χ0v) is 12.4. The molecule has 0 radical (unpaired) electrons. The molecule has 0 bridgehead atoms. The van der Waals surface area contributed by atoms with Crippen LogP contribution in [-0.4, -0.2) is 20.3 Å². The van der Waals surface area contributed by atoms with Gasteiger partial charge in [0.2, 0.25) is 5.01 Å². The normalized spacial score (nSPS) is 12.3. The van der Waals surface area contributed by atoms with Crippen LogP contribution in [0.25, 0.3) is 0 Å². The Bertz CT molecular complexity index is 657. The molecule has 4 nitrogen and oxygen atoms in total. The number of benzene rings is 1. The summed E-state index contributed by atoms with van der Waals surface area (Å²) in [6.45, 7) is 0. The minimum atomic E-state index is -1.42. The lowest BCUT2D eigenvalue weighted by Gasteiger charge is -2.03. The summed E-state index contributed by atoms with van der Waals surface area (Å²) < 4.78 is 12.2. The lowest BCUT2D eigenvalue weighted by molar-refractivity contribution is 0.0696. The maximum atomic E-state index is 12.2. The topological polar surface area (TPSA) is 67.3 Å². The SMILES string of the molecule is O=C(O)c1nc(CS(=O)c2cc(Cl)ccc2Cl)cs1. The van der Waals surface area contributed by atoms with E-state index in [-0.39, 0.29) is 10.8 Å². The summed E-state index contributed by atoms with van der Waals surface area (Å²) in [5.74, 6) is -0.994. The number of nitrogens with zero attached hydrogens (tertiary/aromatic N) is 1. The van der Waals surface area contributed by atoms with Gasteiger partial charge in [-0.15, -0.1) is 11.3 Å². The van der Waals surface area contributed by atoms with Crippen molar-refractivity contribution in [3.63, 3.8) is 0 Å². The Morgan fingerprint density at radius 1 is 1.42 bits per heavy atom. The average molecular weight is 336 g/mol. The Morgan fingerprint density at radius 3 is 2.79 bits per heavy atom. The predicted molar refractivity (Wildman–Crippen MR) is 75.6 cm³/mol. The minimum absolute atomic E-state index is 0.0239. The largest absolute Gasteiger partial charge is 0.476 e. The van der Waals surface area contributed by atoms with Crippen molar-refractivity contribution < 1.29 is 14.1 Å². The van der Waals surface area contributed by atoms with Crippen molar-refractivity contribution in [1.82, 2.24) is 4.98 Å². The van der Waals surface area contributed by atoms with E-state index in [0.29, 0.717) is 20.6 Å². The van der Waals surface area contributed by atoms with Crippen LogP contribution >= 0.6 is 34.5 Å². The van der Waals surface area contributed by atoms with Crippen LogP contribution in [-0.2, 0) is 16.6 Å². The summed E-state index contributed by atoms with van der Waals surface area (Å²) in [4.78, 5) is 15.0. The highest BCUT2D eigenvalue weighted by molar-refractivity contribution is 7.84. The second-order valence-corrected chi connectivity index (χ2v) is 6.64. The number of aromatic nitrogens is 1. The maximum absolute atomic E-state index is 12.2. The van der Waals surface area contributed by atoms with Crippen LogP contribution in [0.2, 0.25) is 10.0 Å². The van der Waals surface area contributed by atoms with Crippen LogP contribution in [0.5, 0.6) is 0 Å². The van der Waals surface area contributed by atoms with Gasteiger partial charge in [-0.2, -0.15) is 0 Å². The van der Waals surface area contributed by atoms with E-state index in [1.165, 1.54) is 6.07 Å². The van der Waals surface area contributed by atoms with Gasteiger partial charge in [-0.05, 0) is 18.2 Å². The molecule has 1 heterocycles. The molecule has 0 aliphatic heterocycles. The lowest BCUT2D eigenvalue weighted by Crippen LogP contribution is -2.00. The molecule has 100 valence electrons. The lowest BCUT2D eigenvalue weighted by atomic mass is 10.4. The zero-order chi connectivity index (χ0) is 14.0. The van der Waals surface area contributed by atoms with Gasteiger partial charge in [-0.3, -0.25) is 4.21 Å². The summed E-state index contributed by atoms with van der Waals surface area (Å²) in [5.41, 5.74) is 0.455. The number of carbonyl (C=O) groups is 1. The maximum Gasteiger partial charge on any atom is 0.365 e. The molecule has 19 heavy (non-hydrogen) atoms. The number of aromatic carboxylic acids is 1. The fourth-order valence-electron chi connectivity index (χ4n) is 1.34. The van der Waals surface area contributed by atoms with Gasteiger partial charge < -0.3 is 5.11 Å². The molecule has 0 saturated heterocycles. The standard InChI is InChI=1S/C11H7Cl2NO3S2/c12-6-1-2-8(13)9(3-6)19(17)5-7-4-18-10(14-7)11(15)16/h1-4H,5H2,(H,15,16). The van der Waals surface area contributed by atoms with Crippen molar-refractivity contribution in [3.8, 4) is 0 Å². The first-order valence-corrected chi connectivity index (χ1v) is 7.94. The van der Waals surface area contributed by atoms with Crippen LogP contribution < -0.4 is 0 Å². The van der Waals surface area contributed by atoms with Gasteiger partial charge >= 0.3 is 5.97 Å². The minimum Gasteiger partial charge on any atom is -0.476 e. The quantitative estimate of drug-likeness (QED) is 0.928. The van der Waals surface area contributed by atoms with Gasteiger partial charge in [0.25, 0.3) is 0 Å². The number of halogens is 2. The van der Waals surface area contributed by atoms with E-state index in [0.717, 1.165) is 11.3 Å². The van der Waals surface area contributed by atoms with E-state index >= 15 is 0 Å². The first-order valence-electron chi connectivity index (χ1n) is 4.98. The van der Waals surface area contributed by atoms with E-state index in [2.05, 4.69) is 4.98 Å². The smallest absolute Gasteiger partial charge is 0.365 e. The molecule has 0 saturated carbocycles. The van der Waals surface area contributed by atoms with Crippen molar-refractivity contribution in [2.45, 2.75) is 10.6 Å². The van der Waals surface area contributed by atoms with Gasteiger partial charge in [0.15, 0.2) is 0 Å². The van der Waals surface area contributed by atoms with Gasteiger partial charge in [-0.25, -0.2) is 9.78 Å². The van der Waals surface area contributed by atoms with E-state index in [1.807, 2.05) is 0 Å². The highest BCUT2D eigenvalue weighted by Crippen LogP contribution is 2.25. The van der Waals surface area contributed by atoms with Crippen LogP contribution in [0.3, 0.4) is 0 Å². The predicted octanol–water partition coefficient (Wildman–Crippen LogP) is 3.46. The van der Waals surface area contributed by atoms with Crippen molar-refractivity contribution in [1.29, 1.82) is 0 Å². The van der Waals surface area contributed by atoms with Crippen molar-refractivity contribution in [2.75, 3.05) is 0 Å². The van der Waals surface area contributed by atoms with Crippen LogP contribution in [0.4, 0.5) is 0 Å². The third-order valence-electron chi connectivity index (χ3n) is 2.15. The number of thiazole rings is 1. The second kappa shape index (κ2) is 6.00. The highest BCUT2D eigenvalue weighted by Gasteiger charge is 2.14. The van der Waals surface area contributed by atoms with Crippen LogP contribution in [0, 0.1) is 0 Å². The Balaban J connectivity index is 2.20. The summed E-state index contributed by atoms with van der Waals surface area (Å²) in [6, 6.07) is 4.71. The Morgan fingerprint density at radius 2 is 2.16 bits per heavy atom. The summed E-state index contributed by atoms with van der Waals surface area (Å²) >= 11 is 12.8. The fourth-order valence-corrected chi connectivity index (χ4v) is 3.82. The first-order chi connectivity index (χ1) is 8.97. The first kappa shape index (κ1) is 14.5. The van der Waals surface area contributed by atoms with Gasteiger partial charge in [-0.1, -0.05) is 23.2 Å². The van der Waals surface area contributed by atoms with Gasteiger partial charge in [0, 0.05) is 10.4 Å². The van der Waals surface area contributed by atoms with Gasteiger partial charge in [0.1, 0.15) is 0 Å². The number of carboxylic acid groups (broad SMARTS) is 1. The summed E-state index contributed by atoms with van der Waals surface area (Å²) in [6.07, 6.45) is 0. The molecule has 1 atom stereocenters. The molecule has 0 aliphatic rings.